The van der Waals surface area contributed by atoms with E-state index in [1.807, 2.05) is 0 Å². The first-order valence-corrected chi connectivity index (χ1v) is 5.19. The van der Waals surface area contributed by atoms with Gasteiger partial charge >= 0.3 is 12.0 Å². The zero-order valence-corrected chi connectivity index (χ0v) is 10.0. The van der Waals surface area contributed by atoms with Gasteiger partial charge in [0.05, 0.1) is 5.92 Å². The number of carbonyl (C=O) groups is 2. The Labute approximate surface area is 95.6 Å². The number of carboxylic acid groups (broad SMARTS) is 1. The number of rotatable bonds is 7. The number of hydrogen-bond acceptors (Lipinski definition) is 3. The van der Waals surface area contributed by atoms with E-state index in [2.05, 4.69) is 5.32 Å². The van der Waals surface area contributed by atoms with Crippen molar-refractivity contribution in [1.29, 1.82) is 0 Å². The first kappa shape index (κ1) is 14.7. The highest BCUT2D eigenvalue weighted by molar-refractivity contribution is 5.75. The van der Waals surface area contributed by atoms with Crippen LogP contribution in [-0.2, 0) is 9.53 Å². The average Bonchev–Trinajstić information content (AvgIpc) is 2.23. The minimum Gasteiger partial charge on any atom is -0.481 e. The molecule has 16 heavy (non-hydrogen) atoms. The van der Waals surface area contributed by atoms with E-state index in [9.17, 15) is 9.59 Å². The highest BCUT2D eigenvalue weighted by atomic mass is 16.5. The predicted octanol–water partition coefficient (Wildman–Crippen LogP) is 0.385. The van der Waals surface area contributed by atoms with Crippen molar-refractivity contribution in [2.75, 3.05) is 33.9 Å². The van der Waals surface area contributed by atoms with Gasteiger partial charge in [0.25, 0.3) is 0 Å². The molecule has 6 heteroatoms. The Morgan fingerprint density at radius 1 is 1.50 bits per heavy atom. The van der Waals surface area contributed by atoms with Gasteiger partial charge in [0.2, 0.25) is 0 Å². The van der Waals surface area contributed by atoms with Crippen molar-refractivity contribution in [3.05, 3.63) is 0 Å². The molecule has 0 heterocycles. The molecule has 0 aliphatic heterocycles. The van der Waals surface area contributed by atoms with E-state index in [0.29, 0.717) is 13.2 Å². The zero-order valence-electron chi connectivity index (χ0n) is 10.0. The standard InChI is InChI=1S/C10H20N2O4/c1-8(9(13)14)7-12(2)10(15)11-5-4-6-16-3/h8H,4-7H2,1-3H3,(H,11,15)(H,13,14). The van der Waals surface area contributed by atoms with Gasteiger partial charge in [-0.2, -0.15) is 0 Å². The van der Waals surface area contributed by atoms with Crippen LogP contribution in [0.25, 0.3) is 0 Å². The minimum atomic E-state index is -0.904. The lowest BCUT2D eigenvalue weighted by Crippen LogP contribution is -2.41. The fourth-order valence-electron chi connectivity index (χ4n) is 1.12. The fourth-order valence-corrected chi connectivity index (χ4v) is 1.12. The van der Waals surface area contributed by atoms with Crippen molar-refractivity contribution >= 4 is 12.0 Å². The monoisotopic (exact) mass is 232 g/mol. The lowest BCUT2D eigenvalue weighted by molar-refractivity contribution is -0.141. The molecule has 1 unspecified atom stereocenters. The number of amides is 2. The van der Waals surface area contributed by atoms with Crippen molar-refractivity contribution in [2.24, 2.45) is 5.92 Å². The second kappa shape index (κ2) is 7.92. The molecule has 1 atom stereocenters. The Morgan fingerprint density at radius 2 is 2.12 bits per heavy atom. The van der Waals surface area contributed by atoms with Gasteiger partial charge in [0.15, 0.2) is 0 Å². The highest BCUT2D eigenvalue weighted by Crippen LogP contribution is 1.98. The second-order valence-corrected chi connectivity index (χ2v) is 3.70. The van der Waals surface area contributed by atoms with Crippen LogP contribution >= 0.6 is 0 Å². The normalized spacial score (nSPS) is 11.9. The van der Waals surface area contributed by atoms with Crippen LogP contribution in [0.5, 0.6) is 0 Å². The molecule has 0 rings (SSSR count). The number of aliphatic carboxylic acids is 1. The maximum absolute atomic E-state index is 11.4. The van der Waals surface area contributed by atoms with Gasteiger partial charge in [-0.3, -0.25) is 4.79 Å². The van der Waals surface area contributed by atoms with Gasteiger partial charge in [-0.05, 0) is 6.42 Å². The molecule has 2 amide bonds. The third kappa shape index (κ3) is 6.23. The molecular weight excluding hydrogens is 212 g/mol. The first-order chi connectivity index (χ1) is 7.49. The Hall–Kier alpha value is -1.30. The summed E-state index contributed by atoms with van der Waals surface area (Å²) in [6.07, 6.45) is 0.741. The van der Waals surface area contributed by atoms with E-state index in [-0.39, 0.29) is 12.6 Å². The summed E-state index contributed by atoms with van der Waals surface area (Å²) in [6, 6.07) is -0.260. The molecule has 0 aromatic heterocycles. The quantitative estimate of drug-likeness (QED) is 0.622. The molecule has 0 bridgehead atoms. The van der Waals surface area contributed by atoms with E-state index in [1.165, 1.54) is 4.90 Å². The van der Waals surface area contributed by atoms with E-state index in [4.69, 9.17) is 9.84 Å². The minimum absolute atomic E-state index is 0.200. The number of nitrogens with zero attached hydrogens (tertiary/aromatic N) is 1. The molecule has 0 radical (unpaired) electrons. The van der Waals surface area contributed by atoms with Crippen molar-refractivity contribution < 1.29 is 19.4 Å². The van der Waals surface area contributed by atoms with Crippen molar-refractivity contribution in [3.63, 3.8) is 0 Å². The Morgan fingerprint density at radius 3 is 2.62 bits per heavy atom. The SMILES string of the molecule is COCCCNC(=O)N(C)CC(C)C(=O)O. The lowest BCUT2D eigenvalue weighted by Gasteiger charge is -2.19. The molecule has 94 valence electrons. The number of carbonyl (C=O) groups excluding carboxylic acids is 1. The molecule has 0 spiro atoms. The van der Waals surface area contributed by atoms with Gasteiger partial charge < -0.3 is 20.1 Å². The maximum atomic E-state index is 11.4. The summed E-state index contributed by atoms with van der Waals surface area (Å²) in [4.78, 5) is 23.4. The van der Waals surface area contributed by atoms with Crippen LogP contribution in [0, 0.1) is 5.92 Å². The third-order valence-electron chi connectivity index (χ3n) is 2.12. The van der Waals surface area contributed by atoms with Gasteiger partial charge in [-0.1, -0.05) is 6.92 Å². The predicted molar refractivity (Wildman–Crippen MR) is 59.3 cm³/mol. The highest BCUT2D eigenvalue weighted by Gasteiger charge is 2.16. The van der Waals surface area contributed by atoms with Crippen LogP contribution in [-0.4, -0.2) is 55.9 Å². The first-order valence-electron chi connectivity index (χ1n) is 5.19. The van der Waals surface area contributed by atoms with Gasteiger partial charge in [-0.15, -0.1) is 0 Å². The molecule has 0 aliphatic rings. The fraction of sp³-hybridized carbons (Fsp3) is 0.800. The van der Waals surface area contributed by atoms with Crippen LogP contribution < -0.4 is 5.32 Å². The molecule has 0 aromatic carbocycles. The van der Waals surface area contributed by atoms with Gasteiger partial charge in [-0.25, -0.2) is 4.79 Å². The summed E-state index contributed by atoms with van der Waals surface area (Å²) in [6.45, 7) is 2.89. The van der Waals surface area contributed by atoms with E-state index in [1.54, 1.807) is 21.1 Å². The van der Waals surface area contributed by atoms with Crippen molar-refractivity contribution in [2.45, 2.75) is 13.3 Å². The van der Waals surface area contributed by atoms with Crippen LogP contribution in [0.2, 0.25) is 0 Å². The summed E-state index contributed by atoms with van der Waals surface area (Å²) in [5, 5.41) is 11.4. The topological polar surface area (TPSA) is 78.9 Å². The van der Waals surface area contributed by atoms with Crippen LogP contribution in [0.4, 0.5) is 4.79 Å². The maximum Gasteiger partial charge on any atom is 0.317 e. The summed E-state index contributed by atoms with van der Waals surface area (Å²) in [5.41, 5.74) is 0. The molecule has 0 aliphatic carbocycles. The molecule has 0 saturated carbocycles. The van der Waals surface area contributed by atoms with Crippen LogP contribution in [0.1, 0.15) is 13.3 Å². The number of nitrogens with one attached hydrogen (secondary N) is 1. The van der Waals surface area contributed by atoms with Crippen molar-refractivity contribution in [3.8, 4) is 0 Å². The molecular formula is C10H20N2O4. The zero-order chi connectivity index (χ0) is 12.6. The second-order valence-electron chi connectivity index (χ2n) is 3.70. The third-order valence-corrected chi connectivity index (χ3v) is 2.12. The average molecular weight is 232 g/mol. The van der Waals surface area contributed by atoms with Gasteiger partial charge in [0.1, 0.15) is 0 Å². The molecule has 0 fully saturated rings. The number of hydrogen-bond donors (Lipinski definition) is 2. The largest absolute Gasteiger partial charge is 0.481 e. The summed E-state index contributed by atoms with van der Waals surface area (Å²) < 4.78 is 4.84. The Balaban J connectivity index is 3.77. The smallest absolute Gasteiger partial charge is 0.317 e. The Kier molecular flexibility index (Phi) is 7.28. The van der Waals surface area contributed by atoms with E-state index in [0.717, 1.165) is 6.42 Å². The molecule has 0 saturated heterocycles. The lowest BCUT2D eigenvalue weighted by atomic mass is 10.2. The summed E-state index contributed by atoms with van der Waals surface area (Å²) in [5.74, 6) is -1.46. The molecule has 2 N–H and O–H groups in total. The van der Waals surface area contributed by atoms with E-state index >= 15 is 0 Å². The number of carboxylic acids is 1. The molecule has 0 aromatic rings. The van der Waals surface area contributed by atoms with Gasteiger partial charge in [0, 0.05) is 33.9 Å². The van der Waals surface area contributed by atoms with Crippen LogP contribution in [0.15, 0.2) is 0 Å². The molecule has 6 nitrogen and oxygen atoms in total. The van der Waals surface area contributed by atoms with E-state index < -0.39 is 11.9 Å². The summed E-state index contributed by atoms with van der Waals surface area (Å²) in [7, 11) is 3.17. The van der Waals surface area contributed by atoms with Crippen molar-refractivity contribution in [1.82, 2.24) is 10.2 Å². The van der Waals surface area contributed by atoms with Crippen LogP contribution in [0.3, 0.4) is 0 Å². The number of ether oxygens (including phenoxy) is 1. The number of urea groups is 1. The summed E-state index contributed by atoms with van der Waals surface area (Å²) >= 11 is 0. The number of methoxy groups -OCH3 is 1. The Bertz CT molecular complexity index is 233.